The van der Waals surface area contributed by atoms with Crippen LogP contribution in [-0.2, 0) is 25.6 Å². The van der Waals surface area contributed by atoms with Gasteiger partial charge in [-0.15, -0.1) is 0 Å². The molecule has 0 aromatic heterocycles. The Bertz CT molecular complexity index is 688. The number of hydrogen-bond acceptors (Lipinski definition) is 5. The Morgan fingerprint density at radius 2 is 1.81 bits per heavy atom. The Hall–Kier alpha value is -2.08. The van der Waals surface area contributed by atoms with Gasteiger partial charge in [-0.25, -0.2) is 4.79 Å². The van der Waals surface area contributed by atoms with Crippen LogP contribution in [0.4, 0.5) is 4.79 Å². The quantitative estimate of drug-likeness (QED) is 0.621. The van der Waals surface area contributed by atoms with Crippen molar-refractivity contribution < 1.29 is 23.8 Å². The lowest BCUT2D eigenvalue weighted by Gasteiger charge is -2.43. The molecule has 6 nitrogen and oxygen atoms in total. The molecule has 1 aromatic carbocycles. The molecule has 2 atom stereocenters. The Balaban J connectivity index is 0.000000597. The van der Waals surface area contributed by atoms with Crippen LogP contribution in [0.15, 0.2) is 30.3 Å². The number of benzene rings is 1. The van der Waals surface area contributed by atoms with E-state index in [9.17, 15) is 9.59 Å². The number of carbonyl (C=O) groups is 2. The fourth-order valence-electron chi connectivity index (χ4n) is 4.42. The largest absolute Gasteiger partial charge is 0.469 e. The normalized spacial score (nSPS) is 23.5. The van der Waals surface area contributed by atoms with Gasteiger partial charge >= 0.3 is 12.1 Å². The first-order valence-corrected chi connectivity index (χ1v) is 11.2. The molecule has 2 aliphatic rings. The Labute approximate surface area is 187 Å². The van der Waals surface area contributed by atoms with Crippen molar-refractivity contribution in [1.29, 1.82) is 0 Å². The number of likely N-dealkylation sites (tertiary alicyclic amines) is 1. The van der Waals surface area contributed by atoms with Crippen molar-refractivity contribution in [2.45, 2.75) is 60.0 Å². The molecular weight excluding hydrogens is 394 g/mol. The molecule has 2 saturated heterocycles. The van der Waals surface area contributed by atoms with Gasteiger partial charge in [0.1, 0.15) is 6.61 Å². The highest BCUT2D eigenvalue weighted by atomic mass is 16.6. The molecule has 1 amide bonds. The maximum Gasteiger partial charge on any atom is 0.410 e. The summed E-state index contributed by atoms with van der Waals surface area (Å²) in [5.74, 6) is -0.0332. The number of hydrogen-bond donors (Lipinski definition) is 0. The standard InChI is InChI=1S/C21H31NO4.C4H8O/c1-20(2,3)11-17-12-21(4,18(23)25-5)15-22(13-17)19(24)26-14-16-9-7-6-8-10-16;1-2-4-5-3-1/h6-10,17H,11-15H2,1-5H3;1-4H2/t17?,21-;/m1./s1. The van der Waals surface area contributed by atoms with Crippen LogP contribution < -0.4 is 0 Å². The molecule has 2 fully saturated rings. The second-order valence-electron chi connectivity index (χ2n) is 10.1. The fraction of sp³-hybridized carbons (Fsp3) is 0.680. The minimum atomic E-state index is -0.700. The van der Waals surface area contributed by atoms with Gasteiger partial charge in [-0.1, -0.05) is 51.1 Å². The van der Waals surface area contributed by atoms with E-state index >= 15 is 0 Å². The molecule has 0 N–H and O–H groups in total. The average molecular weight is 434 g/mol. The summed E-state index contributed by atoms with van der Waals surface area (Å²) in [4.78, 5) is 26.6. The van der Waals surface area contributed by atoms with E-state index in [4.69, 9.17) is 14.2 Å². The summed E-state index contributed by atoms with van der Waals surface area (Å²) in [7, 11) is 1.40. The summed E-state index contributed by atoms with van der Waals surface area (Å²) in [6.45, 7) is 11.6. The number of amides is 1. The van der Waals surface area contributed by atoms with E-state index in [1.54, 1.807) is 4.90 Å². The van der Waals surface area contributed by atoms with Crippen LogP contribution in [-0.4, -0.2) is 50.4 Å². The smallest absolute Gasteiger partial charge is 0.410 e. The van der Waals surface area contributed by atoms with E-state index in [0.717, 1.165) is 31.6 Å². The Morgan fingerprint density at radius 1 is 1.16 bits per heavy atom. The zero-order chi connectivity index (χ0) is 22.9. The monoisotopic (exact) mass is 433 g/mol. The second kappa shape index (κ2) is 11.5. The molecule has 1 unspecified atom stereocenters. The zero-order valence-corrected chi connectivity index (χ0v) is 19.8. The lowest BCUT2D eigenvalue weighted by atomic mass is 9.72. The summed E-state index contributed by atoms with van der Waals surface area (Å²) < 4.78 is 15.4. The van der Waals surface area contributed by atoms with E-state index in [2.05, 4.69) is 20.8 Å². The van der Waals surface area contributed by atoms with Gasteiger partial charge < -0.3 is 19.1 Å². The van der Waals surface area contributed by atoms with Crippen LogP contribution in [0.1, 0.15) is 58.9 Å². The highest BCUT2D eigenvalue weighted by molar-refractivity contribution is 5.78. The van der Waals surface area contributed by atoms with Crippen molar-refractivity contribution in [3.05, 3.63) is 35.9 Å². The number of ether oxygens (including phenoxy) is 3. The first-order valence-electron chi connectivity index (χ1n) is 11.2. The van der Waals surface area contributed by atoms with Crippen LogP contribution in [0.3, 0.4) is 0 Å². The predicted octanol–water partition coefficient (Wildman–Crippen LogP) is 5.06. The molecule has 1 aromatic rings. The third-order valence-electron chi connectivity index (χ3n) is 5.63. The molecule has 174 valence electrons. The van der Waals surface area contributed by atoms with Crippen molar-refractivity contribution >= 4 is 12.1 Å². The summed E-state index contributed by atoms with van der Waals surface area (Å²) >= 11 is 0. The van der Waals surface area contributed by atoms with Crippen molar-refractivity contribution in [1.82, 2.24) is 4.90 Å². The molecule has 0 spiro atoms. The fourth-order valence-corrected chi connectivity index (χ4v) is 4.42. The lowest BCUT2D eigenvalue weighted by molar-refractivity contribution is -0.156. The minimum absolute atomic E-state index is 0.124. The molecule has 0 bridgehead atoms. The summed E-state index contributed by atoms with van der Waals surface area (Å²) in [6, 6.07) is 9.60. The molecule has 0 aliphatic carbocycles. The molecule has 31 heavy (non-hydrogen) atoms. The van der Waals surface area contributed by atoms with Crippen LogP contribution in [0.2, 0.25) is 0 Å². The van der Waals surface area contributed by atoms with Gasteiger partial charge in [0.05, 0.1) is 12.5 Å². The van der Waals surface area contributed by atoms with Gasteiger partial charge in [0.15, 0.2) is 0 Å². The molecular formula is C25H39NO5. The maximum absolute atomic E-state index is 12.6. The van der Waals surface area contributed by atoms with Crippen molar-refractivity contribution in [2.24, 2.45) is 16.7 Å². The van der Waals surface area contributed by atoms with Gasteiger partial charge in [0, 0.05) is 26.3 Å². The number of piperidine rings is 1. The predicted molar refractivity (Wildman–Crippen MR) is 121 cm³/mol. The lowest BCUT2D eigenvalue weighted by Crippen LogP contribution is -2.52. The third kappa shape index (κ3) is 8.52. The topological polar surface area (TPSA) is 65.1 Å². The molecule has 0 saturated carbocycles. The third-order valence-corrected chi connectivity index (χ3v) is 5.63. The molecule has 2 heterocycles. The van der Waals surface area contributed by atoms with E-state index in [-0.39, 0.29) is 30.0 Å². The molecule has 2 aliphatic heterocycles. The average Bonchev–Trinajstić information content (AvgIpc) is 3.30. The van der Waals surface area contributed by atoms with Crippen LogP contribution in [0, 0.1) is 16.7 Å². The first kappa shape index (κ1) is 25.2. The van der Waals surface area contributed by atoms with Crippen molar-refractivity contribution in [3.8, 4) is 0 Å². The number of esters is 1. The Morgan fingerprint density at radius 3 is 2.32 bits per heavy atom. The number of nitrogens with zero attached hydrogens (tertiary/aromatic N) is 1. The summed E-state index contributed by atoms with van der Waals surface area (Å²) in [5.41, 5.74) is 0.368. The van der Waals surface area contributed by atoms with Crippen LogP contribution in [0.5, 0.6) is 0 Å². The Kier molecular flexibility index (Phi) is 9.35. The van der Waals surface area contributed by atoms with Crippen molar-refractivity contribution in [3.63, 3.8) is 0 Å². The second-order valence-corrected chi connectivity index (χ2v) is 10.1. The van der Waals surface area contributed by atoms with E-state index < -0.39 is 5.41 Å². The van der Waals surface area contributed by atoms with Gasteiger partial charge in [-0.3, -0.25) is 4.79 Å². The number of carbonyl (C=O) groups excluding carboxylic acids is 2. The number of rotatable bonds is 4. The highest BCUT2D eigenvalue weighted by Gasteiger charge is 2.45. The summed E-state index contributed by atoms with van der Waals surface area (Å²) in [5, 5.41) is 0. The SMILES string of the molecule is C1CCOC1.COC(=O)[C@]1(C)CC(CC(C)(C)C)CN(C(=O)OCc2ccccc2)C1. The minimum Gasteiger partial charge on any atom is -0.469 e. The molecule has 6 heteroatoms. The van der Waals surface area contributed by atoms with Gasteiger partial charge in [0.2, 0.25) is 0 Å². The molecule has 0 radical (unpaired) electrons. The number of methoxy groups -OCH3 is 1. The van der Waals surface area contributed by atoms with Crippen LogP contribution in [0.25, 0.3) is 0 Å². The van der Waals surface area contributed by atoms with Gasteiger partial charge in [-0.2, -0.15) is 0 Å². The highest BCUT2D eigenvalue weighted by Crippen LogP contribution is 2.39. The van der Waals surface area contributed by atoms with Gasteiger partial charge in [-0.05, 0) is 49.5 Å². The van der Waals surface area contributed by atoms with E-state index in [1.807, 2.05) is 37.3 Å². The summed E-state index contributed by atoms with van der Waals surface area (Å²) in [6.07, 6.45) is 3.84. The molecule has 3 rings (SSSR count). The zero-order valence-electron chi connectivity index (χ0n) is 19.8. The van der Waals surface area contributed by atoms with E-state index in [1.165, 1.54) is 20.0 Å². The van der Waals surface area contributed by atoms with Gasteiger partial charge in [0.25, 0.3) is 0 Å². The first-order chi connectivity index (χ1) is 14.6. The maximum atomic E-state index is 12.6. The van der Waals surface area contributed by atoms with Crippen molar-refractivity contribution in [2.75, 3.05) is 33.4 Å². The van der Waals surface area contributed by atoms with E-state index in [0.29, 0.717) is 13.1 Å². The van der Waals surface area contributed by atoms with Crippen LogP contribution >= 0.6 is 0 Å².